The van der Waals surface area contributed by atoms with Crippen molar-refractivity contribution in [3.63, 3.8) is 0 Å². The number of carboxylic acid groups (broad SMARTS) is 1. The molecule has 3 aliphatic heterocycles. The fraction of sp³-hybridized carbons (Fsp3) is 0.562. The van der Waals surface area contributed by atoms with Gasteiger partial charge in [-0.3, -0.25) is 14.5 Å². The van der Waals surface area contributed by atoms with Crippen LogP contribution in [0.15, 0.2) is 48.5 Å². The highest BCUT2D eigenvalue weighted by Gasteiger charge is 2.36. The normalized spacial score (nSPS) is 25.4. The number of hydrogen-bond donors (Lipinski definition) is 3. The van der Waals surface area contributed by atoms with E-state index in [1.165, 1.54) is 38.8 Å². The molecule has 2 aromatic rings. The van der Waals surface area contributed by atoms with Crippen LogP contribution in [0.25, 0.3) is 0 Å². The van der Waals surface area contributed by atoms with Crippen LogP contribution in [0.3, 0.4) is 0 Å². The Labute approximate surface area is 242 Å². The molecule has 4 atom stereocenters. The van der Waals surface area contributed by atoms with E-state index in [-0.39, 0.29) is 37.6 Å². The second kappa shape index (κ2) is 14.4. The van der Waals surface area contributed by atoms with Crippen molar-refractivity contribution in [2.24, 2.45) is 0 Å². The zero-order valence-electron chi connectivity index (χ0n) is 23.7. The SMILES string of the molecule is O=C(O)CCC(=O)NCc1ccc([C@H]2O[C@@H](CN3CCC[C@H]3CN3CCCC3)C[C@@H](c3ccc(CO)cc3)O2)cc1. The molecule has 3 heterocycles. The van der Waals surface area contributed by atoms with E-state index in [2.05, 4.69) is 15.1 Å². The predicted octanol–water partition coefficient (Wildman–Crippen LogP) is 3.77. The molecule has 9 nitrogen and oxygen atoms in total. The molecule has 3 saturated heterocycles. The van der Waals surface area contributed by atoms with Gasteiger partial charge in [0.1, 0.15) is 0 Å². The molecule has 0 radical (unpaired) electrons. The molecule has 0 bridgehead atoms. The van der Waals surface area contributed by atoms with E-state index < -0.39 is 12.3 Å². The average molecular weight is 566 g/mol. The van der Waals surface area contributed by atoms with Gasteiger partial charge in [-0.05, 0) is 62.0 Å². The number of nitrogens with zero attached hydrogens (tertiary/aromatic N) is 2. The highest BCUT2D eigenvalue weighted by atomic mass is 16.7. The quantitative estimate of drug-likeness (QED) is 0.357. The van der Waals surface area contributed by atoms with Gasteiger partial charge in [-0.15, -0.1) is 0 Å². The number of benzene rings is 2. The molecule has 0 unspecified atom stereocenters. The van der Waals surface area contributed by atoms with Crippen molar-refractivity contribution >= 4 is 11.9 Å². The Hall–Kier alpha value is -2.82. The number of ether oxygens (including phenoxy) is 2. The van der Waals surface area contributed by atoms with Crippen LogP contribution in [-0.4, -0.2) is 76.8 Å². The first kappa shape index (κ1) is 29.7. The monoisotopic (exact) mass is 565 g/mol. The molecule has 3 N–H and O–H groups in total. The number of rotatable bonds is 12. The van der Waals surface area contributed by atoms with E-state index in [0.717, 1.165) is 48.3 Å². The summed E-state index contributed by atoms with van der Waals surface area (Å²) in [7, 11) is 0. The van der Waals surface area contributed by atoms with Crippen molar-refractivity contribution in [1.82, 2.24) is 15.1 Å². The molecular formula is C32H43N3O6. The first-order valence-electron chi connectivity index (χ1n) is 15.0. The molecular weight excluding hydrogens is 522 g/mol. The van der Waals surface area contributed by atoms with E-state index in [1.807, 2.05) is 48.5 Å². The summed E-state index contributed by atoms with van der Waals surface area (Å²) in [5.74, 6) is -1.26. The van der Waals surface area contributed by atoms with Crippen LogP contribution in [-0.2, 0) is 32.2 Å². The third-order valence-electron chi connectivity index (χ3n) is 8.53. The van der Waals surface area contributed by atoms with E-state index >= 15 is 0 Å². The fourth-order valence-electron chi connectivity index (χ4n) is 6.20. The number of carbonyl (C=O) groups is 2. The van der Waals surface area contributed by atoms with Crippen molar-refractivity contribution in [1.29, 1.82) is 0 Å². The van der Waals surface area contributed by atoms with E-state index in [4.69, 9.17) is 14.6 Å². The number of hydrogen-bond acceptors (Lipinski definition) is 7. The van der Waals surface area contributed by atoms with Crippen molar-refractivity contribution in [2.45, 2.75) is 82.6 Å². The molecule has 0 saturated carbocycles. The van der Waals surface area contributed by atoms with Crippen LogP contribution in [0.5, 0.6) is 0 Å². The molecule has 9 heteroatoms. The molecule has 3 aliphatic rings. The Morgan fingerprint density at radius 3 is 2.27 bits per heavy atom. The highest BCUT2D eigenvalue weighted by molar-refractivity contribution is 5.80. The van der Waals surface area contributed by atoms with Crippen molar-refractivity contribution in [2.75, 3.05) is 32.7 Å². The van der Waals surface area contributed by atoms with E-state index in [1.54, 1.807) is 0 Å². The summed E-state index contributed by atoms with van der Waals surface area (Å²) >= 11 is 0. The van der Waals surface area contributed by atoms with Crippen LogP contribution >= 0.6 is 0 Å². The smallest absolute Gasteiger partial charge is 0.303 e. The lowest BCUT2D eigenvalue weighted by Crippen LogP contribution is -2.45. The third-order valence-corrected chi connectivity index (χ3v) is 8.53. The number of carbonyl (C=O) groups excluding carboxylic acids is 1. The van der Waals surface area contributed by atoms with Crippen LogP contribution in [0, 0.1) is 0 Å². The summed E-state index contributed by atoms with van der Waals surface area (Å²) in [5, 5.41) is 21.0. The number of aliphatic carboxylic acids is 1. The average Bonchev–Trinajstić information content (AvgIpc) is 3.67. The van der Waals surface area contributed by atoms with Crippen LogP contribution in [0.4, 0.5) is 0 Å². The third kappa shape index (κ3) is 8.36. The molecule has 0 spiro atoms. The van der Waals surface area contributed by atoms with Gasteiger partial charge in [-0.2, -0.15) is 0 Å². The van der Waals surface area contributed by atoms with Gasteiger partial charge in [0, 0.05) is 44.1 Å². The maximum Gasteiger partial charge on any atom is 0.303 e. The number of carboxylic acids is 1. The van der Waals surface area contributed by atoms with Gasteiger partial charge < -0.3 is 29.9 Å². The molecule has 3 fully saturated rings. The van der Waals surface area contributed by atoms with Crippen LogP contribution in [0.1, 0.15) is 79.6 Å². The molecule has 2 aromatic carbocycles. The fourth-order valence-corrected chi connectivity index (χ4v) is 6.20. The summed E-state index contributed by atoms with van der Waals surface area (Å²) < 4.78 is 13.1. The Morgan fingerprint density at radius 2 is 1.56 bits per heavy atom. The minimum atomic E-state index is -0.982. The van der Waals surface area contributed by atoms with Gasteiger partial charge in [0.2, 0.25) is 5.91 Å². The maximum atomic E-state index is 11.9. The minimum Gasteiger partial charge on any atom is -0.481 e. The number of amides is 1. The Bertz CT molecular complexity index is 1140. The topological polar surface area (TPSA) is 112 Å². The zero-order valence-corrected chi connectivity index (χ0v) is 23.7. The first-order chi connectivity index (χ1) is 20.0. The number of likely N-dealkylation sites (tertiary alicyclic amines) is 2. The van der Waals surface area contributed by atoms with Gasteiger partial charge >= 0.3 is 5.97 Å². The molecule has 222 valence electrons. The standard InChI is InChI=1S/C32H43N3O6/c36-22-24-7-9-25(10-8-24)29-18-28(21-35-17-3-4-27(35)20-34-15-1-2-16-34)40-32(41-29)26-11-5-23(6-12-26)19-33-30(37)13-14-31(38)39/h5-12,27-29,32,36H,1-4,13-22H2,(H,33,37)(H,38,39)/t27-,28+,29-,32-/m0/s1. The Kier molecular flexibility index (Phi) is 10.4. The first-order valence-corrected chi connectivity index (χ1v) is 15.0. The highest BCUT2D eigenvalue weighted by Crippen LogP contribution is 2.39. The van der Waals surface area contributed by atoms with E-state index in [9.17, 15) is 14.7 Å². The maximum absolute atomic E-state index is 11.9. The summed E-state index contributed by atoms with van der Waals surface area (Å²) in [4.78, 5) is 27.8. The Balaban J connectivity index is 1.25. The summed E-state index contributed by atoms with van der Waals surface area (Å²) in [5.41, 5.74) is 3.79. The molecule has 41 heavy (non-hydrogen) atoms. The summed E-state index contributed by atoms with van der Waals surface area (Å²) in [6.07, 6.45) is 5.02. The lowest BCUT2D eigenvalue weighted by atomic mass is 9.99. The van der Waals surface area contributed by atoms with Gasteiger partial charge in [0.25, 0.3) is 0 Å². The molecule has 0 aromatic heterocycles. The largest absolute Gasteiger partial charge is 0.481 e. The van der Waals surface area contributed by atoms with Crippen LogP contribution in [0.2, 0.25) is 0 Å². The van der Waals surface area contributed by atoms with Crippen molar-refractivity contribution < 1.29 is 29.3 Å². The lowest BCUT2D eigenvalue weighted by molar-refractivity contribution is -0.253. The van der Waals surface area contributed by atoms with Gasteiger partial charge in [-0.25, -0.2) is 0 Å². The lowest BCUT2D eigenvalue weighted by Gasteiger charge is -2.39. The Morgan fingerprint density at radius 1 is 0.854 bits per heavy atom. The summed E-state index contributed by atoms with van der Waals surface area (Å²) in [6, 6.07) is 16.4. The van der Waals surface area contributed by atoms with Crippen LogP contribution < -0.4 is 5.32 Å². The van der Waals surface area contributed by atoms with E-state index in [0.29, 0.717) is 12.6 Å². The second-order valence-electron chi connectivity index (χ2n) is 11.6. The number of nitrogens with one attached hydrogen (secondary N) is 1. The molecule has 1 amide bonds. The number of aliphatic hydroxyl groups is 1. The molecule has 5 rings (SSSR count). The van der Waals surface area contributed by atoms with Gasteiger partial charge in [0.05, 0.1) is 25.2 Å². The van der Waals surface area contributed by atoms with Crippen molar-refractivity contribution in [3.05, 3.63) is 70.8 Å². The minimum absolute atomic E-state index is 0.0138. The van der Waals surface area contributed by atoms with Gasteiger partial charge in [-0.1, -0.05) is 48.5 Å². The molecule has 0 aliphatic carbocycles. The number of aliphatic hydroxyl groups excluding tert-OH is 1. The predicted molar refractivity (Wildman–Crippen MR) is 154 cm³/mol. The van der Waals surface area contributed by atoms with Gasteiger partial charge in [0.15, 0.2) is 6.29 Å². The second-order valence-corrected chi connectivity index (χ2v) is 11.6. The van der Waals surface area contributed by atoms with Crippen molar-refractivity contribution in [3.8, 4) is 0 Å². The zero-order chi connectivity index (χ0) is 28.6. The summed E-state index contributed by atoms with van der Waals surface area (Å²) in [6.45, 7) is 5.91.